The first-order valence-corrected chi connectivity index (χ1v) is 6.74. The summed E-state index contributed by atoms with van der Waals surface area (Å²) in [6.07, 6.45) is 3.18. The standard InChI is InChI=1S/C15H24N2O/c1-4-5-13-6-8-14(9-7-13)10-11-16-15(18)17-12(2)3/h6-9,12H,4-5,10-11H2,1-3H3,(H2,16,17,18). The molecule has 0 aliphatic heterocycles. The average Bonchev–Trinajstić information content (AvgIpc) is 2.31. The summed E-state index contributed by atoms with van der Waals surface area (Å²) >= 11 is 0. The van der Waals surface area contributed by atoms with E-state index in [4.69, 9.17) is 0 Å². The number of hydrogen-bond donors (Lipinski definition) is 2. The summed E-state index contributed by atoms with van der Waals surface area (Å²) in [7, 11) is 0. The molecule has 0 spiro atoms. The van der Waals surface area contributed by atoms with Crippen LogP contribution in [0.5, 0.6) is 0 Å². The molecule has 2 N–H and O–H groups in total. The van der Waals surface area contributed by atoms with E-state index in [0.29, 0.717) is 6.54 Å². The van der Waals surface area contributed by atoms with Gasteiger partial charge in [-0.05, 0) is 37.8 Å². The van der Waals surface area contributed by atoms with Crippen LogP contribution >= 0.6 is 0 Å². The summed E-state index contributed by atoms with van der Waals surface area (Å²) in [6.45, 7) is 6.76. The third-order valence-corrected chi connectivity index (χ3v) is 2.68. The number of rotatable bonds is 6. The molecule has 0 bridgehead atoms. The van der Waals surface area contributed by atoms with Crippen molar-refractivity contribution in [3.8, 4) is 0 Å². The first-order chi connectivity index (χ1) is 8.61. The number of amides is 2. The zero-order valence-corrected chi connectivity index (χ0v) is 11.6. The molecule has 1 aromatic carbocycles. The third kappa shape index (κ3) is 5.71. The minimum Gasteiger partial charge on any atom is -0.338 e. The predicted octanol–water partition coefficient (Wildman–Crippen LogP) is 2.89. The predicted molar refractivity (Wildman–Crippen MR) is 75.8 cm³/mol. The molecule has 0 fully saturated rings. The highest BCUT2D eigenvalue weighted by molar-refractivity contribution is 5.74. The number of benzene rings is 1. The van der Waals surface area contributed by atoms with Gasteiger partial charge < -0.3 is 10.6 Å². The molecular weight excluding hydrogens is 224 g/mol. The molecule has 0 heterocycles. The number of carbonyl (C=O) groups is 1. The number of nitrogens with one attached hydrogen (secondary N) is 2. The first kappa shape index (κ1) is 14.6. The van der Waals surface area contributed by atoms with E-state index in [9.17, 15) is 4.79 Å². The maximum Gasteiger partial charge on any atom is 0.314 e. The Kier molecular flexibility index (Phi) is 6.26. The van der Waals surface area contributed by atoms with Crippen LogP contribution in [-0.2, 0) is 12.8 Å². The molecule has 1 aromatic rings. The quantitative estimate of drug-likeness (QED) is 0.798. The molecule has 3 nitrogen and oxygen atoms in total. The van der Waals surface area contributed by atoms with Crippen molar-refractivity contribution in [3.05, 3.63) is 35.4 Å². The van der Waals surface area contributed by atoms with Crippen molar-refractivity contribution in [2.45, 2.75) is 46.1 Å². The van der Waals surface area contributed by atoms with E-state index in [2.05, 4.69) is 41.8 Å². The minimum atomic E-state index is -0.0902. The second kappa shape index (κ2) is 7.75. The summed E-state index contributed by atoms with van der Waals surface area (Å²) in [6, 6.07) is 8.73. The van der Waals surface area contributed by atoms with Gasteiger partial charge in [0.05, 0.1) is 0 Å². The Labute approximate surface area is 110 Å². The van der Waals surface area contributed by atoms with Gasteiger partial charge in [0.2, 0.25) is 0 Å². The molecule has 2 amide bonds. The SMILES string of the molecule is CCCc1ccc(CCNC(=O)NC(C)C)cc1. The summed E-state index contributed by atoms with van der Waals surface area (Å²) < 4.78 is 0. The Morgan fingerprint density at radius 3 is 2.17 bits per heavy atom. The maximum atomic E-state index is 11.4. The van der Waals surface area contributed by atoms with Crippen molar-refractivity contribution in [1.82, 2.24) is 10.6 Å². The molecule has 18 heavy (non-hydrogen) atoms. The van der Waals surface area contributed by atoms with Crippen LogP contribution < -0.4 is 10.6 Å². The van der Waals surface area contributed by atoms with Crippen molar-refractivity contribution in [2.75, 3.05) is 6.54 Å². The number of hydrogen-bond acceptors (Lipinski definition) is 1. The van der Waals surface area contributed by atoms with Gasteiger partial charge in [-0.15, -0.1) is 0 Å². The molecule has 0 saturated heterocycles. The van der Waals surface area contributed by atoms with Crippen LogP contribution in [0.25, 0.3) is 0 Å². The first-order valence-electron chi connectivity index (χ1n) is 6.74. The topological polar surface area (TPSA) is 41.1 Å². The fraction of sp³-hybridized carbons (Fsp3) is 0.533. The fourth-order valence-corrected chi connectivity index (χ4v) is 1.79. The maximum absolute atomic E-state index is 11.4. The zero-order valence-electron chi connectivity index (χ0n) is 11.6. The number of aryl methyl sites for hydroxylation is 1. The van der Waals surface area contributed by atoms with Gasteiger partial charge in [0.15, 0.2) is 0 Å². The highest BCUT2D eigenvalue weighted by Crippen LogP contribution is 2.06. The van der Waals surface area contributed by atoms with Crippen molar-refractivity contribution >= 4 is 6.03 Å². The summed E-state index contributed by atoms with van der Waals surface area (Å²) in [5, 5.41) is 5.66. The molecule has 1 rings (SSSR count). The molecule has 0 aromatic heterocycles. The van der Waals surface area contributed by atoms with Gasteiger partial charge in [-0.3, -0.25) is 0 Å². The molecule has 0 radical (unpaired) electrons. The van der Waals surface area contributed by atoms with Crippen LogP contribution in [0.3, 0.4) is 0 Å². The van der Waals surface area contributed by atoms with Crippen LogP contribution in [0.2, 0.25) is 0 Å². The van der Waals surface area contributed by atoms with Crippen molar-refractivity contribution in [2.24, 2.45) is 0 Å². The van der Waals surface area contributed by atoms with Gasteiger partial charge in [0.1, 0.15) is 0 Å². The normalized spacial score (nSPS) is 10.4. The Morgan fingerprint density at radius 1 is 1.11 bits per heavy atom. The van der Waals surface area contributed by atoms with Gasteiger partial charge in [-0.1, -0.05) is 37.6 Å². The molecule has 0 atom stereocenters. The zero-order chi connectivity index (χ0) is 13.4. The van der Waals surface area contributed by atoms with Gasteiger partial charge in [0, 0.05) is 12.6 Å². The summed E-state index contributed by atoms with van der Waals surface area (Å²) in [5.41, 5.74) is 2.64. The van der Waals surface area contributed by atoms with E-state index >= 15 is 0 Å². The Balaban J connectivity index is 2.28. The molecule has 0 saturated carbocycles. The van der Waals surface area contributed by atoms with Gasteiger partial charge >= 0.3 is 6.03 Å². The lowest BCUT2D eigenvalue weighted by molar-refractivity contribution is 0.238. The highest BCUT2D eigenvalue weighted by atomic mass is 16.2. The van der Waals surface area contributed by atoms with Crippen LogP contribution in [-0.4, -0.2) is 18.6 Å². The lowest BCUT2D eigenvalue weighted by Crippen LogP contribution is -2.40. The Morgan fingerprint density at radius 2 is 1.67 bits per heavy atom. The van der Waals surface area contributed by atoms with E-state index < -0.39 is 0 Å². The molecule has 0 unspecified atom stereocenters. The van der Waals surface area contributed by atoms with Crippen LogP contribution in [0, 0.1) is 0 Å². The molecule has 100 valence electrons. The minimum absolute atomic E-state index is 0.0902. The van der Waals surface area contributed by atoms with Crippen LogP contribution in [0.1, 0.15) is 38.3 Å². The monoisotopic (exact) mass is 248 g/mol. The van der Waals surface area contributed by atoms with E-state index in [1.165, 1.54) is 17.5 Å². The van der Waals surface area contributed by atoms with E-state index in [1.807, 2.05) is 13.8 Å². The van der Waals surface area contributed by atoms with Crippen LogP contribution in [0.4, 0.5) is 4.79 Å². The summed E-state index contributed by atoms with van der Waals surface area (Å²) in [5.74, 6) is 0. The molecular formula is C15H24N2O. The van der Waals surface area contributed by atoms with Crippen molar-refractivity contribution in [1.29, 1.82) is 0 Å². The third-order valence-electron chi connectivity index (χ3n) is 2.68. The van der Waals surface area contributed by atoms with Gasteiger partial charge in [-0.25, -0.2) is 4.79 Å². The summed E-state index contributed by atoms with van der Waals surface area (Å²) in [4.78, 5) is 11.4. The van der Waals surface area contributed by atoms with E-state index in [1.54, 1.807) is 0 Å². The number of urea groups is 1. The second-order valence-corrected chi connectivity index (χ2v) is 4.87. The van der Waals surface area contributed by atoms with Crippen molar-refractivity contribution in [3.63, 3.8) is 0 Å². The molecule has 0 aliphatic carbocycles. The highest BCUT2D eigenvalue weighted by Gasteiger charge is 2.01. The molecule has 0 aliphatic rings. The van der Waals surface area contributed by atoms with Crippen molar-refractivity contribution < 1.29 is 4.79 Å². The molecule has 3 heteroatoms. The van der Waals surface area contributed by atoms with E-state index in [-0.39, 0.29) is 12.1 Å². The fourth-order valence-electron chi connectivity index (χ4n) is 1.79. The Bertz CT molecular complexity index is 357. The largest absolute Gasteiger partial charge is 0.338 e. The Hall–Kier alpha value is -1.51. The van der Waals surface area contributed by atoms with Gasteiger partial charge in [-0.2, -0.15) is 0 Å². The smallest absolute Gasteiger partial charge is 0.314 e. The van der Waals surface area contributed by atoms with Gasteiger partial charge in [0.25, 0.3) is 0 Å². The number of carbonyl (C=O) groups excluding carboxylic acids is 1. The second-order valence-electron chi connectivity index (χ2n) is 4.87. The van der Waals surface area contributed by atoms with Crippen LogP contribution in [0.15, 0.2) is 24.3 Å². The van der Waals surface area contributed by atoms with E-state index in [0.717, 1.165) is 12.8 Å². The lowest BCUT2D eigenvalue weighted by Gasteiger charge is -2.10. The average molecular weight is 248 g/mol. The lowest BCUT2D eigenvalue weighted by atomic mass is 10.1.